The maximum absolute atomic E-state index is 5.14. The van der Waals surface area contributed by atoms with Gasteiger partial charge in [-0.1, -0.05) is 37.6 Å². The molecule has 0 aliphatic rings. The summed E-state index contributed by atoms with van der Waals surface area (Å²) in [7, 11) is 0. The van der Waals surface area contributed by atoms with Gasteiger partial charge >= 0.3 is 0 Å². The molecule has 2 nitrogen and oxygen atoms in total. The maximum Gasteiger partial charge on any atom is 0.0770 e. The van der Waals surface area contributed by atoms with Crippen molar-refractivity contribution in [3.63, 3.8) is 0 Å². The van der Waals surface area contributed by atoms with Gasteiger partial charge in [0.2, 0.25) is 0 Å². The van der Waals surface area contributed by atoms with Crippen LogP contribution in [0.4, 0.5) is 0 Å². The first-order valence-electron chi connectivity index (χ1n) is 4.87. The molecule has 1 aromatic rings. The third-order valence-electron chi connectivity index (χ3n) is 2.57. The van der Waals surface area contributed by atoms with Crippen LogP contribution < -0.4 is 5.90 Å². The number of hydrogen-bond donors (Lipinski definition) is 1. The Morgan fingerprint density at radius 1 is 1.29 bits per heavy atom. The molecule has 0 aliphatic carbocycles. The minimum absolute atomic E-state index is 0.0230. The summed E-state index contributed by atoms with van der Waals surface area (Å²) in [5, 5.41) is 0. The van der Waals surface area contributed by atoms with Crippen LogP contribution in [0.5, 0.6) is 0 Å². The monoisotopic (exact) mass is 193 g/mol. The fraction of sp³-hybridized carbons (Fsp3) is 0.500. The highest BCUT2D eigenvalue weighted by Gasteiger charge is 2.22. The van der Waals surface area contributed by atoms with Gasteiger partial charge in [-0.15, -0.1) is 0 Å². The lowest BCUT2D eigenvalue weighted by Crippen LogP contribution is -2.27. The molecule has 0 fully saturated rings. The minimum Gasteiger partial charge on any atom is -0.304 e. The fourth-order valence-corrected chi connectivity index (χ4v) is 1.75. The van der Waals surface area contributed by atoms with Gasteiger partial charge in [-0.05, 0) is 25.0 Å². The average molecular weight is 193 g/mol. The second-order valence-corrected chi connectivity index (χ2v) is 4.51. The second kappa shape index (κ2) is 4.11. The van der Waals surface area contributed by atoms with Gasteiger partial charge in [0.05, 0.1) is 6.61 Å². The fourth-order valence-electron chi connectivity index (χ4n) is 1.75. The molecular weight excluding hydrogens is 174 g/mol. The van der Waals surface area contributed by atoms with Crippen molar-refractivity contribution in [2.45, 2.75) is 33.1 Å². The van der Waals surface area contributed by atoms with E-state index >= 15 is 0 Å². The lowest BCUT2D eigenvalue weighted by Gasteiger charge is -2.26. The molecular formula is C12H19NO. The Kier molecular flexibility index (Phi) is 3.29. The summed E-state index contributed by atoms with van der Waals surface area (Å²) in [5.41, 5.74) is 3.85. The summed E-state index contributed by atoms with van der Waals surface area (Å²) in [6, 6.07) is 6.47. The van der Waals surface area contributed by atoms with E-state index in [9.17, 15) is 0 Å². The van der Waals surface area contributed by atoms with Crippen LogP contribution in [-0.4, -0.2) is 6.61 Å². The van der Waals surface area contributed by atoms with Crippen LogP contribution in [0.1, 0.15) is 30.5 Å². The Morgan fingerprint density at radius 2 is 1.93 bits per heavy atom. The van der Waals surface area contributed by atoms with Crippen molar-refractivity contribution >= 4 is 0 Å². The standard InChI is InChI=1S/C12H19NO/c1-9-5-6-10(2)11(7-9)12(3,4)8-14-13/h5-7H,8,13H2,1-4H3. The Bertz CT molecular complexity index is 318. The summed E-state index contributed by atoms with van der Waals surface area (Å²) in [4.78, 5) is 4.76. The zero-order chi connectivity index (χ0) is 10.8. The smallest absolute Gasteiger partial charge is 0.0770 e. The Morgan fingerprint density at radius 3 is 2.50 bits per heavy atom. The molecule has 2 heteroatoms. The Labute approximate surface area is 86.0 Å². The first-order chi connectivity index (χ1) is 6.47. The number of rotatable bonds is 3. The highest BCUT2D eigenvalue weighted by Crippen LogP contribution is 2.27. The number of aryl methyl sites for hydroxylation is 2. The second-order valence-electron chi connectivity index (χ2n) is 4.51. The van der Waals surface area contributed by atoms with E-state index in [2.05, 4.69) is 45.9 Å². The summed E-state index contributed by atoms with van der Waals surface area (Å²) in [6.07, 6.45) is 0. The van der Waals surface area contributed by atoms with Crippen LogP contribution in [0.25, 0.3) is 0 Å². The molecule has 78 valence electrons. The van der Waals surface area contributed by atoms with Crippen molar-refractivity contribution < 1.29 is 4.84 Å². The summed E-state index contributed by atoms with van der Waals surface area (Å²) in [6.45, 7) is 9.04. The molecule has 0 aromatic heterocycles. The molecule has 14 heavy (non-hydrogen) atoms. The number of nitrogens with two attached hydrogens (primary N) is 1. The van der Waals surface area contributed by atoms with Crippen molar-refractivity contribution in [1.82, 2.24) is 0 Å². The maximum atomic E-state index is 5.14. The van der Waals surface area contributed by atoms with E-state index in [4.69, 9.17) is 10.7 Å². The first-order valence-corrected chi connectivity index (χ1v) is 4.87. The van der Waals surface area contributed by atoms with Crippen molar-refractivity contribution in [3.05, 3.63) is 34.9 Å². The quantitative estimate of drug-likeness (QED) is 0.748. The first kappa shape index (κ1) is 11.2. The van der Waals surface area contributed by atoms with Crippen molar-refractivity contribution in [3.8, 4) is 0 Å². The van der Waals surface area contributed by atoms with Crippen LogP contribution in [0.15, 0.2) is 18.2 Å². The van der Waals surface area contributed by atoms with E-state index in [1.54, 1.807) is 0 Å². The molecule has 0 aliphatic heterocycles. The largest absolute Gasteiger partial charge is 0.304 e. The van der Waals surface area contributed by atoms with E-state index in [0.717, 1.165) is 0 Å². The predicted octanol–water partition coefficient (Wildman–Crippen LogP) is 2.47. The minimum atomic E-state index is -0.0230. The van der Waals surface area contributed by atoms with Crippen LogP contribution in [0.2, 0.25) is 0 Å². The molecule has 0 saturated carbocycles. The van der Waals surface area contributed by atoms with E-state index in [1.165, 1.54) is 16.7 Å². The Hall–Kier alpha value is -0.860. The SMILES string of the molecule is Cc1ccc(C)c(C(C)(C)CON)c1. The lowest BCUT2D eigenvalue weighted by atomic mass is 9.82. The van der Waals surface area contributed by atoms with Gasteiger partial charge in [-0.25, -0.2) is 5.90 Å². The third-order valence-corrected chi connectivity index (χ3v) is 2.57. The predicted molar refractivity (Wildman–Crippen MR) is 59.1 cm³/mol. The third kappa shape index (κ3) is 2.34. The summed E-state index contributed by atoms with van der Waals surface area (Å²) in [5.74, 6) is 5.14. The molecule has 0 amide bonds. The van der Waals surface area contributed by atoms with Gasteiger partial charge in [0.1, 0.15) is 0 Å². The summed E-state index contributed by atoms with van der Waals surface area (Å²) >= 11 is 0. The normalized spacial score (nSPS) is 11.8. The molecule has 0 heterocycles. The van der Waals surface area contributed by atoms with Gasteiger partial charge in [-0.3, -0.25) is 0 Å². The molecule has 1 aromatic carbocycles. The van der Waals surface area contributed by atoms with E-state index in [-0.39, 0.29) is 5.41 Å². The highest BCUT2D eigenvalue weighted by atomic mass is 16.6. The molecule has 0 saturated heterocycles. The van der Waals surface area contributed by atoms with Crippen LogP contribution in [-0.2, 0) is 10.3 Å². The van der Waals surface area contributed by atoms with E-state index < -0.39 is 0 Å². The molecule has 0 unspecified atom stereocenters. The van der Waals surface area contributed by atoms with Gasteiger partial charge in [0.25, 0.3) is 0 Å². The van der Waals surface area contributed by atoms with Gasteiger partial charge < -0.3 is 4.84 Å². The zero-order valence-corrected chi connectivity index (χ0v) is 9.42. The van der Waals surface area contributed by atoms with E-state index in [1.807, 2.05) is 0 Å². The van der Waals surface area contributed by atoms with Crippen LogP contribution >= 0.6 is 0 Å². The van der Waals surface area contributed by atoms with Crippen molar-refractivity contribution in [2.24, 2.45) is 5.90 Å². The van der Waals surface area contributed by atoms with Gasteiger partial charge in [0, 0.05) is 5.41 Å². The van der Waals surface area contributed by atoms with Gasteiger partial charge in [-0.2, -0.15) is 0 Å². The lowest BCUT2D eigenvalue weighted by molar-refractivity contribution is 0.0962. The van der Waals surface area contributed by atoms with Gasteiger partial charge in [0.15, 0.2) is 0 Å². The average Bonchev–Trinajstić information content (AvgIpc) is 2.09. The molecule has 2 N–H and O–H groups in total. The van der Waals surface area contributed by atoms with Crippen LogP contribution in [0.3, 0.4) is 0 Å². The summed E-state index contributed by atoms with van der Waals surface area (Å²) < 4.78 is 0. The molecule has 0 bridgehead atoms. The van der Waals surface area contributed by atoms with Crippen molar-refractivity contribution in [1.29, 1.82) is 0 Å². The molecule has 0 atom stereocenters. The molecule has 0 radical (unpaired) electrons. The van der Waals surface area contributed by atoms with Crippen LogP contribution in [0, 0.1) is 13.8 Å². The molecule has 0 spiro atoms. The zero-order valence-electron chi connectivity index (χ0n) is 9.42. The number of benzene rings is 1. The molecule has 1 rings (SSSR count). The van der Waals surface area contributed by atoms with Crippen molar-refractivity contribution in [2.75, 3.05) is 6.61 Å². The highest BCUT2D eigenvalue weighted by molar-refractivity contribution is 5.35. The van der Waals surface area contributed by atoms with E-state index in [0.29, 0.717) is 6.61 Å². The Balaban J connectivity index is 3.10. The number of hydrogen-bond acceptors (Lipinski definition) is 2. The topological polar surface area (TPSA) is 35.2 Å².